The zero-order valence-electron chi connectivity index (χ0n) is 17.4. The topological polar surface area (TPSA) is 68.7 Å². The van der Waals surface area contributed by atoms with E-state index < -0.39 is 24.0 Å². The number of halogens is 3. The van der Waals surface area contributed by atoms with Gasteiger partial charge in [-0.15, -0.1) is 11.3 Å². The van der Waals surface area contributed by atoms with Crippen LogP contribution in [-0.4, -0.2) is 47.6 Å². The SMILES string of the molecule is CC1OC2(CCN(CC(Cc3cscn3)C(=O)OC(=O)C(F)(F)F)CC2)c2ccccc21. The fourth-order valence-electron chi connectivity index (χ4n) is 4.57. The molecule has 2 unspecified atom stereocenters. The maximum absolute atomic E-state index is 12.6. The van der Waals surface area contributed by atoms with Crippen LogP contribution < -0.4 is 0 Å². The van der Waals surface area contributed by atoms with Gasteiger partial charge in [-0.3, -0.25) is 4.79 Å². The molecular formula is C22H23F3N2O4S. The Labute approximate surface area is 187 Å². The summed E-state index contributed by atoms with van der Waals surface area (Å²) in [6.07, 6.45) is -3.71. The van der Waals surface area contributed by atoms with Gasteiger partial charge in [0.25, 0.3) is 0 Å². The van der Waals surface area contributed by atoms with Crippen molar-refractivity contribution in [3.8, 4) is 0 Å². The predicted octanol–water partition coefficient (Wildman–Crippen LogP) is 4.02. The highest BCUT2D eigenvalue weighted by Crippen LogP contribution is 2.49. The van der Waals surface area contributed by atoms with Gasteiger partial charge in [-0.2, -0.15) is 13.2 Å². The van der Waals surface area contributed by atoms with E-state index in [4.69, 9.17) is 4.74 Å². The van der Waals surface area contributed by atoms with Crippen molar-refractivity contribution in [1.82, 2.24) is 9.88 Å². The number of nitrogens with zero attached hydrogens (tertiary/aromatic N) is 2. The third kappa shape index (κ3) is 4.72. The Hall–Kier alpha value is -2.30. The molecule has 4 rings (SSSR count). The van der Waals surface area contributed by atoms with Crippen LogP contribution >= 0.6 is 11.3 Å². The van der Waals surface area contributed by atoms with E-state index in [-0.39, 0.29) is 24.7 Å². The number of aromatic nitrogens is 1. The largest absolute Gasteiger partial charge is 0.491 e. The number of rotatable bonds is 5. The molecule has 172 valence electrons. The molecule has 10 heteroatoms. The Morgan fingerprint density at radius 1 is 1.31 bits per heavy atom. The van der Waals surface area contributed by atoms with E-state index in [0.29, 0.717) is 31.6 Å². The summed E-state index contributed by atoms with van der Waals surface area (Å²) in [5, 5.41) is 1.72. The Bertz CT molecular complexity index is 972. The molecule has 32 heavy (non-hydrogen) atoms. The lowest BCUT2D eigenvalue weighted by Crippen LogP contribution is -2.46. The standard InChI is InChI=1S/C22H23F3N2O4S/c1-14-17-4-2-3-5-18(17)21(31-14)6-8-27(9-7-21)11-15(10-16-12-32-13-26-16)19(28)30-20(29)22(23,24)25/h2-5,12-15H,6-11H2,1H3. The van der Waals surface area contributed by atoms with Gasteiger partial charge in [0.05, 0.1) is 28.8 Å². The second-order valence-electron chi connectivity index (χ2n) is 8.23. The molecule has 1 fully saturated rings. The number of carbonyl (C=O) groups is 2. The highest BCUT2D eigenvalue weighted by molar-refractivity contribution is 7.07. The van der Waals surface area contributed by atoms with Crippen LogP contribution in [0.2, 0.25) is 0 Å². The molecule has 0 amide bonds. The van der Waals surface area contributed by atoms with E-state index in [9.17, 15) is 22.8 Å². The molecule has 0 radical (unpaired) electrons. The third-order valence-electron chi connectivity index (χ3n) is 6.13. The van der Waals surface area contributed by atoms with Gasteiger partial charge < -0.3 is 14.4 Å². The van der Waals surface area contributed by atoms with Gasteiger partial charge >= 0.3 is 18.1 Å². The van der Waals surface area contributed by atoms with Crippen molar-refractivity contribution in [3.05, 3.63) is 52.0 Å². The molecule has 2 aliphatic heterocycles. The average molecular weight is 468 g/mol. The van der Waals surface area contributed by atoms with Gasteiger partial charge in [0.15, 0.2) is 0 Å². The highest BCUT2D eigenvalue weighted by atomic mass is 32.1. The number of hydrogen-bond acceptors (Lipinski definition) is 7. The predicted molar refractivity (Wildman–Crippen MR) is 110 cm³/mol. The second-order valence-corrected chi connectivity index (χ2v) is 8.95. The van der Waals surface area contributed by atoms with Crippen LogP contribution in [0.15, 0.2) is 35.2 Å². The smallest absolute Gasteiger partial charge is 0.386 e. The average Bonchev–Trinajstić information content (AvgIpc) is 3.35. The fraction of sp³-hybridized carbons (Fsp3) is 0.500. The number of fused-ring (bicyclic) bond motifs is 2. The maximum atomic E-state index is 12.6. The van der Waals surface area contributed by atoms with E-state index in [1.165, 1.54) is 22.5 Å². The van der Waals surface area contributed by atoms with Crippen molar-refractivity contribution in [2.45, 2.75) is 44.1 Å². The molecule has 2 aliphatic rings. The molecule has 0 N–H and O–H groups in total. The minimum absolute atomic E-state index is 0.00137. The van der Waals surface area contributed by atoms with E-state index in [2.05, 4.69) is 21.9 Å². The normalized spacial score (nSPS) is 21.3. The van der Waals surface area contributed by atoms with E-state index in [1.807, 2.05) is 24.0 Å². The molecule has 0 bridgehead atoms. The molecule has 1 spiro atoms. The number of alkyl halides is 3. The van der Waals surface area contributed by atoms with Crippen LogP contribution in [0.3, 0.4) is 0 Å². The highest BCUT2D eigenvalue weighted by Gasteiger charge is 2.46. The summed E-state index contributed by atoms with van der Waals surface area (Å²) in [6.45, 7) is 3.41. The summed E-state index contributed by atoms with van der Waals surface area (Å²) >= 11 is 1.32. The van der Waals surface area contributed by atoms with Gasteiger partial charge in [0.2, 0.25) is 0 Å². The number of carbonyl (C=O) groups excluding carboxylic acids is 2. The molecule has 3 heterocycles. The van der Waals surface area contributed by atoms with Gasteiger partial charge in [0.1, 0.15) is 0 Å². The minimum Gasteiger partial charge on any atom is -0.386 e. The molecular weight excluding hydrogens is 445 g/mol. The van der Waals surface area contributed by atoms with Crippen molar-refractivity contribution in [1.29, 1.82) is 0 Å². The molecule has 1 aromatic heterocycles. The zero-order chi connectivity index (χ0) is 22.9. The minimum atomic E-state index is -5.22. The van der Waals surface area contributed by atoms with Gasteiger partial charge in [-0.25, -0.2) is 9.78 Å². The number of likely N-dealkylation sites (tertiary alicyclic amines) is 1. The summed E-state index contributed by atoms with van der Waals surface area (Å²) in [5.41, 5.74) is 4.13. The van der Waals surface area contributed by atoms with Crippen LogP contribution in [0.4, 0.5) is 13.2 Å². The first-order valence-electron chi connectivity index (χ1n) is 10.4. The van der Waals surface area contributed by atoms with Crippen LogP contribution in [0.25, 0.3) is 0 Å². The fourth-order valence-corrected chi connectivity index (χ4v) is 5.14. The van der Waals surface area contributed by atoms with Gasteiger partial charge in [-0.1, -0.05) is 24.3 Å². The van der Waals surface area contributed by atoms with Crippen molar-refractivity contribution >= 4 is 23.3 Å². The summed E-state index contributed by atoms with van der Waals surface area (Å²) in [7, 11) is 0. The lowest BCUT2D eigenvalue weighted by atomic mass is 9.83. The number of benzene rings is 1. The molecule has 2 atom stereocenters. The maximum Gasteiger partial charge on any atom is 0.491 e. The van der Waals surface area contributed by atoms with Gasteiger partial charge in [-0.05, 0) is 30.9 Å². The molecule has 6 nitrogen and oxygen atoms in total. The van der Waals surface area contributed by atoms with Crippen LogP contribution in [0, 0.1) is 5.92 Å². The summed E-state index contributed by atoms with van der Waals surface area (Å²) in [5.74, 6) is -4.61. The number of esters is 2. The first-order chi connectivity index (χ1) is 15.2. The second kappa shape index (κ2) is 8.92. The molecule has 0 aliphatic carbocycles. The van der Waals surface area contributed by atoms with Crippen LogP contribution in [0.5, 0.6) is 0 Å². The Morgan fingerprint density at radius 2 is 2.03 bits per heavy atom. The number of ether oxygens (including phenoxy) is 2. The summed E-state index contributed by atoms with van der Waals surface area (Å²) in [6, 6.07) is 8.13. The van der Waals surface area contributed by atoms with Crippen molar-refractivity contribution < 1.29 is 32.2 Å². The molecule has 1 saturated heterocycles. The molecule has 1 aromatic carbocycles. The Balaban J connectivity index is 1.43. The van der Waals surface area contributed by atoms with E-state index in [1.54, 1.807) is 10.9 Å². The molecule has 2 aromatic rings. The summed E-state index contributed by atoms with van der Waals surface area (Å²) < 4.78 is 48.2. The number of thiazole rings is 1. The molecule has 0 saturated carbocycles. The zero-order valence-corrected chi connectivity index (χ0v) is 18.2. The van der Waals surface area contributed by atoms with Crippen molar-refractivity contribution in [2.75, 3.05) is 19.6 Å². The first kappa shape index (κ1) is 22.9. The number of piperidine rings is 1. The summed E-state index contributed by atoms with van der Waals surface area (Å²) in [4.78, 5) is 29.7. The Morgan fingerprint density at radius 3 is 2.69 bits per heavy atom. The monoisotopic (exact) mass is 468 g/mol. The van der Waals surface area contributed by atoms with Crippen molar-refractivity contribution in [3.63, 3.8) is 0 Å². The van der Waals surface area contributed by atoms with E-state index >= 15 is 0 Å². The lowest BCUT2D eigenvalue weighted by molar-refractivity contribution is -0.203. The van der Waals surface area contributed by atoms with Crippen molar-refractivity contribution in [2.24, 2.45) is 5.92 Å². The van der Waals surface area contributed by atoms with Crippen LogP contribution in [-0.2, 0) is 31.1 Å². The van der Waals surface area contributed by atoms with Gasteiger partial charge in [0, 0.05) is 31.4 Å². The third-order valence-corrected chi connectivity index (χ3v) is 6.77. The first-order valence-corrected chi connectivity index (χ1v) is 11.3. The Kier molecular flexibility index (Phi) is 6.37. The van der Waals surface area contributed by atoms with Crippen LogP contribution in [0.1, 0.15) is 42.7 Å². The quantitative estimate of drug-likeness (QED) is 0.488. The van der Waals surface area contributed by atoms with E-state index in [0.717, 1.165) is 0 Å². The lowest BCUT2D eigenvalue weighted by Gasteiger charge is -2.40. The number of hydrogen-bond donors (Lipinski definition) is 0.